The van der Waals surface area contributed by atoms with Crippen molar-refractivity contribution in [2.75, 3.05) is 6.54 Å². The molecule has 84 valence electrons. The van der Waals surface area contributed by atoms with E-state index in [4.69, 9.17) is 17.3 Å². The third-order valence-electron chi connectivity index (χ3n) is 2.41. The molecule has 0 aliphatic heterocycles. The van der Waals surface area contributed by atoms with Gasteiger partial charge in [0.05, 0.1) is 0 Å². The van der Waals surface area contributed by atoms with Gasteiger partial charge in [-0.3, -0.25) is 0 Å². The van der Waals surface area contributed by atoms with Gasteiger partial charge in [0.25, 0.3) is 0 Å². The van der Waals surface area contributed by atoms with E-state index in [1.54, 1.807) is 6.20 Å². The topological polar surface area (TPSA) is 43.8 Å². The molecule has 0 radical (unpaired) electrons. The third-order valence-corrected chi connectivity index (χ3v) is 2.65. The van der Waals surface area contributed by atoms with Gasteiger partial charge in [-0.2, -0.15) is 0 Å². The SMILES string of the molecule is NCCc1nccn1Cc1cccc(Cl)c1. The van der Waals surface area contributed by atoms with Gasteiger partial charge in [-0.05, 0) is 24.2 Å². The summed E-state index contributed by atoms with van der Waals surface area (Å²) in [7, 11) is 0. The minimum Gasteiger partial charge on any atom is -0.330 e. The van der Waals surface area contributed by atoms with Crippen molar-refractivity contribution in [3.8, 4) is 0 Å². The van der Waals surface area contributed by atoms with Crippen molar-refractivity contribution in [3.63, 3.8) is 0 Å². The minimum absolute atomic E-state index is 0.618. The molecule has 0 atom stereocenters. The molecule has 0 amide bonds. The molecule has 2 rings (SSSR count). The minimum atomic E-state index is 0.618. The Balaban J connectivity index is 2.17. The summed E-state index contributed by atoms with van der Waals surface area (Å²) in [6.07, 6.45) is 4.56. The first-order valence-corrected chi connectivity index (χ1v) is 5.62. The molecule has 2 N–H and O–H groups in total. The Kier molecular flexibility index (Phi) is 3.59. The summed E-state index contributed by atoms with van der Waals surface area (Å²) in [5.41, 5.74) is 6.70. The number of halogens is 1. The molecule has 0 spiro atoms. The smallest absolute Gasteiger partial charge is 0.110 e. The number of hydrogen-bond donors (Lipinski definition) is 1. The first-order valence-electron chi connectivity index (χ1n) is 5.24. The number of nitrogens with two attached hydrogens (primary N) is 1. The molecule has 0 saturated carbocycles. The van der Waals surface area contributed by atoms with Crippen LogP contribution in [0.15, 0.2) is 36.7 Å². The molecule has 0 fully saturated rings. The fourth-order valence-electron chi connectivity index (χ4n) is 1.67. The van der Waals surface area contributed by atoms with Crippen molar-refractivity contribution in [2.45, 2.75) is 13.0 Å². The highest BCUT2D eigenvalue weighted by Crippen LogP contribution is 2.12. The van der Waals surface area contributed by atoms with E-state index in [1.165, 1.54) is 5.56 Å². The average molecular weight is 236 g/mol. The first kappa shape index (κ1) is 11.2. The summed E-state index contributed by atoms with van der Waals surface area (Å²) < 4.78 is 2.10. The largest absolute Gasteiger partial charge is 0.330 e. The number of aromatic nitrogens is 2. The summed E-state index contributed by atoms with van der Waals surface area (Å²) >= 11 is 5.94. The molecule has 2 aromatic rings. The van der Waals surface area contributed by atoms with Crippen LogP contribution in [0.2, 0.25) is 5.02 Å². The van der Waals surface area contributed by atoms with E-state index < -0.39 is 0 Å². The molecule has 0 aliphatic carbocycles. The van der Waals surface area contributed by atoms with E-state index in [9.17, 15) is 0 Å². The maximum absolute atomic E-state index is 5.94. The third kappa shape index (κ3) is 2.62. The van der Waals surface area contributed by atoms with Crippen molar-refractivity contribution in [3.05, 3.63) is 53.1 Å². The van der Waals surface area contributed by atoms with Gasteiger partial charge in [0, 0.05) is 30.4 Å². The van der Waals surface area contributed by atoms with Gasteiger partial charge in [0.2, 0.25) is 0 Å². The standard InChI is InChI=1S/C12H14ClN3/c13-11-3-1-2-10(8-11)9-16-7-6-15-12(16)4-5-14/h1-3,6-8H,4-5,9,14H2. The molecule has 0 bridgehead atoms. The van der Waals surface area contributed by atoms with Crippen LogP contribution in [0.5, 0.6) is 0 Å². The van der Waals surface area contributed by atoms with Gasteiger partial charge in [-0.25, -0.2) is 4.98 Å². The molecule has 1 aromatic heterocycles. The lowest BCUT2D eigenvalue weighted by Gasteiger charge is -2.07. The Morgan fingerprint density at radius 3 is 3.00 bits per heavy atom. The Hall–Kier alpha value is -1.32. The maximum Gasteiger partial charge on any atom is 0.110 e. The quantitative estimate of drug-likeness (QED) is 0.882. The number of benzene rings is 1. The normalized spacial score (nSPS) is 10.6. The molecule has 16 heavy (non-hydrogen) atoms. The highest BCUT2D eigenvalue weighted by atomic mass is 35.5. The Labute approximate surface area is 99.9 Å². The van der Waals surface area contributed by atoms with E-state index in [-0.39, 0.29) is 0 Å². The van der Waals surface area contributed by atoms with E-state index in [2.05, 4.69) is 15.6 Å². The van der Waals surface area contributed by atoms with E-state index in [1.807, 2.05) is 24.4 Å². The summed E-state index contributed by atoms with van der Waals surface area (Å²) in [5.74, 6) is 1.02. The van der Waals surface area contributed by atoms with E-state index in [0.29, 0.717) is 6.54 Å². The van der Waals surface area contributed by atoms with Crippen molar-refractivity contribution < 1.29 is 0 Å². The second-order valence-corrected chi connectivity index (χ2v) is 4.08. The van der Waals surface area contributed by atoms with Crippen LogP contribution < -0.4 is 5.73 Å². The molecular formula is C12H14ClN3. The second kappa shape index (κ2) is 5.14. The summed E-state index contributed by atoms with van der Waals surface area (Å²) in [5, 5.41) is 0.762. The van der Waals surface area contributed by atoms with Crippen LogP contribution in [0.25, 0.3) is 0 Å². The zero-order chi connectivity index (χ0) is 11.4. The van der Waals surface area contributed by atoms with Crippen LogP contribution in [0.4, 0.5) is 0 Å². The summed E-state index contributed by atoms with van der Waals surface area (Å²) in [6, 6.07) is 7.85. The zero-order valence-electron chi connectivity index (χ0n) is 8.94. The van der Waals surface area contributed by atoms with Crippen LogP contribution in [0.3, 0.4) is 0 Å². The molecule has 4 heteroatoms. The lowest BCUT2D eigenvalue weighted by molar-refractivity contribution is 0.716. The van der Waals surface area contributed by atoms with E-state index in [0.717, 1.165) is 23.8 Å². The van der Waals surface area contributed by atoms with Crippen molar-refractivity contribution >= 4 is 11.6 Å². The monoisotopic (exact) mass is 235 g/mol. The highest BCUT2D eigenvalue weighted by Gasteiger charge is 2.02. The molecule has 0 saturated heterocycles. The van der Waals surface area contributed by atoms with Crippen molar-refractivity contribution in [2.24, 2.45) is 5.73 Å². The van der Waals surface area contributed by atoms with Crippen LogP contribution in [-0.2, 0) is 13.0 Å². The second-order valence-electron chi connectivity index (χ2n) is 3.64. The van der Waals surface area contributed by atoms with E-state index >= 15 is 0 Å². The number of nitrogens with zero attached hydrogens (tertiary/aromatic N) is 2. The van der Waals surface area contributed by atoms with Gasteiger partial charge in [-0.15, -0.1) is 0 Å². The Bertz CT molecular complexity index is 465. The fraction of sp³-hybridized carbons (Fsp3) is 0.250. The molecular weight excluding hydrogens is 222 g/mol. The van der Waals surface area contributed by atoms with Crippen LogP contribution in [0.1, 0.15) is 11.4 Å². The predicted octanol–water partition coefficient (Wildman–Crippen LogP) is 2.09. The lowest BCUT2D eigenvalue weighted by atomic mass is 10.2. The Morgan fingerprint density at radius 2 is 2.25 bits per heavy atom. The molecule has 1 heterocycles. The number of imidazole rings is 1. The van der Waals surface area contributed by atoms with Crippen LogP contribution >= 0.6 is 11.6 Å². The van der Waals surface area contributed by atoms with Gasteiger partial charge in [0.1, 0.15) is 5.82 Å². The van der Waals surface area contributed by atoms with Crippen molar-refractivity contribution in [1.82, 2.24) is 9.55 Å². The fourth-order valence-corrected chi connectivity index (χ4v) is 1.89. The van der Waals surface area contributed by atoms with Crippen LogP contribution in [-0.4, -0.2) is 16.1 Å². The maximum atomic E-state index is 5.94. The molecule has 1 aromatic carbocycles. The molecule has 0 aliphatic rings. The van der Waals surface area contributed by atoms with Gasteiger partial charge >= 0.3 is 0 Å². The lowest BCUT2D eigenvalue weighted by Crippen LogP contribution is -2.10. The van der Waals surface area contributed by atoms with Crippen molar-refractivity contribution in [1.29, 1.82) is 0 Å². The van der Waals surface area contributed by atoms with Gasteiger partial charge in [-0.1, -0.05) is 23.7 Å². The molecule has 3 nitrogen and oxygen atoms in total. The summed E-state index contributed by atoms with van der Waals surface area (Å²) in [4.78, 5) is 4.27. The first-order chi connectivity index (χ1) is 7.79. The van der Waals surface area contributed by atoms with Gasteiger partial charge in [0.15, 0.2) is 0 Å². The highest BCUT2D eigenvalue weighted by molar-refractivity contribution is 6.30. The number of rotatable bonds is 4. The van der Waals surface area contributed by atoms with Crippen LogP contribution in [0, 0.1) is 0 Å². The average Bonchev–Trinajstić information content (AvgIpc) is 2.66. The summed E-state index contributed by atoms with van der Waals surface area (Å²) in [6.45, 7) is 1.41. The molecule has 0 unspecified atom stereocenters. The number of hydrogen-bond acceptors (Lipinski definition) is 2. The van der Waals surface area contributed by atoms with Gasteiger partial charge < -0.3 is 10.3 Å². The zero-order valence-corrected chi connectivity index (χ0v) is 9.69. The predicted molar refractivity (Wildman–Crippen MR) is 65.5 cm³/mol. The Morgan fingerprint density at radius 1 is 1.38 bits per heavy atom.